The van der Waals surface area contributed by atoms with Crippen LogP contribution in [0.5, 0.6) is 0 Å². The van der Waals surface area contributed by atoms with Crippen LogP contribution in [-0.2, 0) is 14.2 Å². The number of hydrogen-bond donors (Lipinski definition) is 2. The van der Waals surface area contributed by atoms with Gasteiger partial charge in [-0.1, -0.05) is 20.4 Å². The van der Waals surface area contributed by atoms with Crippen LogP contribution in [0.1, 0.15) is 51.0 Å². The molecule has 1 amide bonds. The molecule has 1 atom stereocenters. The molecule has 2 heterocycles. The number of oxazole rings is 2. The smallest absolute Gasteiger partial charge is 0.408 e. The summed E-state index contributed by atoms with van der Waals surface area (Å²) in [5.41, 5.74) is 5.60. The van der Waals surface area contributed by atoms with Crippen LogP contribution in [0.3, 0.4) is 0 Å². The molecule has 0 aliphatic rings. The minimum atomic E-state index is -0.644. The Morgan fingerprint density at radius 2 is 1.91 bits per heavy atom. The molecule has 2 rings (SSSR count). The molecule has 11 nitrogen and oxygen atoms in total. The van der Waals surface area contributed by atoms with E-state index in [-0.39, 0.29) is 40.5 Å². The number of methoxy groups -OCH3 is 1. The maximum atomic E-state index is 12.1. The number of nitrogens with zero attached hydrogens (tertiary/aromatic N) is 2. The van der Waals surface area contributed by atoms with Gasteiger partial charge in [0.15, 0.2) is 11.4 Å². The lowest BCUT2D eigenvalue weighted by molar-refractivity contribution is 0.0485. The Kier molecular flexibility index (Phi) is 7.68. The van der Waals surface area contributed by atoms with Crippen molar-refractivity contribution in [2.75, 3.05) is 7.11 Å². The summed E-state index contributed by atoms with van der Waals surface area (Å²) in [6.45, 7) is 12.9. The van der Waals surface area contributed by atoms with Gasteiger partial charge in [0.1, 0.15) is 35.8 Å². The van der Waals surface area contributed by atoms with E-state index in [1.54, 1.807) is 20.8 Å². The standard InChI is InChI=1S/C21H28N4O7/c1-11(2)16(25-20(27)32-21(4,5)6)12(3)29-8-13(22)17-23-14(9-30-17)18-24-15(10-31-18)19(26)28-7/h8-11,16H,3,22H2,1-2,4-7H3,(H,25,27)/b13-8-. The largest absolute Gasteiger partial charge is 0.465 e. The number of ether oxygens (including phenoxy) is 3. The molecule has 11 heteroatoms. The van der Waals surface area contributed by atoms with E-state index in [0.717, 1.165) is 6.26 Å². The van der Waals surface area contributed by atoms with Crippen LogP contribution in [0.15, 0.2) is 40.0 Å². The molecule has 0 spiro atoms. The summed E-state index contributed by atoms with van der Waals surface area (Å²) in [6.07, 6.45) is 3.01. The van der Waals surface area contributed by atoms with Gasteiger partial charge in [-0.2, -0.15) is 0 Å². The zero-order valence-corrected chi connectivity index (χ0v) is 18.9. The highest BCUT2D eigenvalue weighted by Crippen LogP contribution is 2.21. The second-order valence-electron chi connectivity index (χ2n) is 8.09. The van der Waals surface area contributed by atoms with E-state index in [9.17, 15) is 9.59 Å². The van der Waals surface area contributed by atoms with Gasteiger partial charge in [0.25, 0.3) is 0 Å². The van der Waals surface area contributed by atoms with Crippen molar-refractivity contribution >= 4 is 17.8 Å². The average Bonchev–Trinajstić information content (AvgIpc) is 3.37. The van der Waals surface area contributed by atoms with Crippen LogP contribution in [-0.4, -0.2) is 40.8 Å². The second-order valence-corrected chi connectivity index (χ2v) is 8.09. The molecule has 0 saturated carbocycles. The second kappa shape index (κ2) is 10.0. The molecule has 0 bridgehead atoms. The van der Waals surface area contributed by atoms with E-state index in [1.807, 2.05) is 13.8 Å². The molecule has 0 radical (unpaired) electrons. The minimum absolute atomic E-state index is 0.00703. The van der Waals surface area contributed by atoms with Crippen LogP contribution in [0.2, 0.25) is 0 Å². The van der Waals surface area contributed by atoms with Crippen molar-refractivity contribution in [3.8, 4) is 11.6 Å². The fourth-order valence-electron chi connectivity index (χ4n) is 2.41. The summed E-state index contributed by atoms with van der Waals surface area (Å²) >= 11 is 0. The predicted molar refractivity (Wildman–Crippen MR) is 114 cm³/mol. The SMILES string of the molecule is C=C(O/C=C(\N)c1nc(-c2nc(C(=O)OC)co2)co1)C(NC(=O)OC(C)(C)C)C(C)C. The quantitative estimate of drug-likeness (QED) is 0.453. The lowest BCUT2D eigenvalue weighted by Gasteiger charge is -2.26. The van der Waals surface area contributed by atoms with Crippen LogP contribution >= 0.6 is 0 Å². The van der Waals surface area contributed by atoms with Crippen LogP contribution in [0, 0.1) is 5.92 Å². The molecule has 1 unspecified atom stereocenters. The van der Waals surface area contributed by atoms with E-state index in [0.29, 0.717) is 0 Å². The van der Waals surface area contributed by atoms with E-state index in [2.05, 4.69) is 26.6 Å². The Hall–Kier alpha value is -3.76. The summed E-state index contributed by atoms with van der Waals surface area (Å²) in [4.78, 5) is 31.7. The van der Waals surface area contributed by atoms with E-state index >= 15 is 0 Å². The number of nitrogens with two attached hydrogens (primary N) is 1. The zero-order chi connectivity index (χ0) is 24.1. The van der Waals surface area contributed by atoms with Gasteiger partial charge >= 0.3 is 12.1 Å². The molecule has 0 aliphatic carbocycles. The first-order chi connectivity index (χ1) is 14.9. The number of aromatic nitrogens is 2. The Morgan fingerprint density at radius 3 is 2.50 bits per heavy atom. The molecule has 3 N–H and O–H groups in total. The average molecular weight is 448 g/mol. The molecule has 174 valence electrons. The maximum absolute atomic E-state index is 12.1. The number of carbonyl (C=O) groups is 2. The van der Waals surface area contributed by atoms with Crippen molar-refractivity contribution in [3.05, 3.63) is 42.7 Å². The van der Waals surface area contributed by atoms with Gasteiger partial charge in [0.05, 0.1) is 13.2 Å². The molecular weight excluding hydrogens is 420 g/mol. The number of rotatable bonds is 8. The van der Waals surface area contributed by atoms with Gasteiger partial charge in [0, 0.05) is 0 Å². The Morgan fingerprint density at radius 1 is 1.22 bits per heavy atom. The first-order valence-corrected chi connectivity index (χ1v) is 9.72. The third kappa shape index (κ3) is 6.62. The highest BCUT2D eigenvalue weighted by molar-refractivity contribution is 5.87. The van der Waals surface area contributed by atoms with Crippen LogP contribution in [0.4, 0.5) is 4.79 Å². The molecule has 0 fully saturated rings. The topological polar surface area (TPSA) is 152 Å². The van der Waals surface area contributed by atoms with E-state index in [4.69, 9.17) is 24.0 Å². The minimum Gasteiger partial charge on any atom is -0.465 e. The lowest BCUT2D eigenvalue weighted by atomic mass is 10.0. The highest BCUT2D eigenvalue weighted by Gasteiger charge is 2.24. The lowest BCUT2D eigenvalue weighted by Crippen LogP contribution is -2.43. The molecule has 32 heavy (non-hydrogen) atoms. The number of hydrogen-bond acceptors (Lipinski definition) is 10. The number of amides is 1. The Balaban J connectivity index is 2.06. The molecule has 2 aromatic heterocycles. The highest BCUT2D eigenvalue weighted by atomic mass is 16.6. The summed E-state index contributed by atoms with van der Waals surface area (Å²) in [5.74, 6) is -0.343. The van der Waals surface area contributed by atoms with Crippen molar-refractivity contribution in [1.29, 1.82) is 0 Å². The monoisotopic (exact) mass is 448 g/mol. The summed E-state index contributed by atoms with van der Waals surface area (Å²) in [5, 5.41) is 2.72. The summed E-state index contributed by atoms with van der Waals surface area (Å²) in [6, 6.07) is -0.530. The molecule has 0 saturated heterocycles. The number of carbonyl (C=O) groups excluding carboxylic acids is 2. The number of alkyl carbamates (subject to hydrolysis) is 1. The van der Waals surface area contributed by atoms with Crippen molar-refractivity contribution in [2.45, 2.75) is 46.3 Å². The Bertz CT molecular complexity index is 998. The van der Waals surface area contributed by atoms with Gasteiger partial charge in [-0.05, 0) is 26.7 Å². The van der Waals surface area contributed by atoms with Crippen molar-refractivity contribution in [1.82, 2.24) is 15.3 Å². The first-order valence-electron chi connectivity index (χ1n) is 9.72. The number of esters is 1. The maximum Gasteiger partial charge on any atom is 0.408 e. The zero-order valence-electron chi connectivity index (χ0n) is 18.9. The van der Waals surface area contributed by atoms with Crippen molar-refractivity contribution < 1.29 is 32.6 Å². The van der Waals surface area contributed by atoms with Gasteiger partial charge in [-0.15, -0.1) is 0 Å². The molecule has 2 aromatic rings. The van der Waals surface area contributed by atoms with Gasteiger partial charge < -0.3 is 34.1 Å². The molecule has 0 aromatic carbocycles. The molecule has 0 aliphatic heterocycles. The third-order valence-electron chi connectivity index (χ3n) is 3.89. The Labute approximate surface area is 185 Å². The van der Waals surface area contributed by atoms with Gasteiger partial charge in [-0.3, -0.25) is 0 Å². The first kappa shape index (κ1) is 24.5. The fourth-order valence-corrected chi connectivity index (χ4v) is 2.41. The van der Waals surface area contributed by atoms with Crippen LogP contribution in [0.25, 0.3) is 17.3 Å². The predicted octanol–water partition coefficient (Wildman–Crippen LogP) is 3.45. The van der Waals surface area contributed by atoms with Crippen LogP contribution < -0.4 is 11.1 Å². The van der Waals surface area contributed by atoms with Crippen molar-refractivity contribution in [2.24, 2.45) is 11.7 Å². The number of nitrogens with one attached hydrogen (secondary N) is 1. The van der Waals surface area contributed by atoms with Gasteiger partial charge in [0.2, 0.25) is 11.8 Å². The third-order valence-corrected chi connectivity index (χ3v) is 3.89. The fraction of sp³-hybridized carbons (Fsp3) is 0.429. The van der Waals surface area contributed by atoms with E-state index < -0.39 is 23.7 Å². The normalized spacial score (nSPS) is 12.9. The van der Waals surface area contributed by atoms with Gasteiger partial charge in [-0.25, -0.2) is 19.6 Å². The summed E-state index contributed by atoms with van der Waals surface area (Å²) in [7, 11) is 1.23. The summed E-state index contributed by atoms with van der Waals surface area (Å²) < 4.78 is 25.9. The molecular formula is C21H28N4O7. The van der Waals surface area contributed by atoms with E-state index in [1.165, 1.54) is 19.6 Å². The van der Waals surface area contributed by atoms with Crippen molar-refractivity contribution in [3.63, 3.8) is 0 Å².